The Balaban J connectivity index is 2.34. The van der Waals surface area contributed by atoms with Gasteiger partial charge in [0.1, 0.15) is 19.8 Å². The number of rotatable bonds is 35. The maximum absolute atomic E-state index is 12.6. The van der Waals surface area contributed by atoms with Gasteiger partial charge in [-0.3, -0.25) is 14.2 Å². The fourth-order valence-corrected chi connectivity index (χ4v) is 5.96. The molecule has 1 heterocycles. The van der Waals surface area contributed by atoms with Gasteiger partial charge >= 0.3 is 11.9 Å². The highest BCUT2D eigenvalue weighted by Crippen LogP contribution is 2.38. The molecule has 4 atom stereocenters. The van der Waals surface area contributed by atoms with Crippen molar-refractivity contribution in [2.45, 2.75) is 148 Å². The number of epoxide rings is 1. The zero-order valence-electron chi connectivity index (χ0n) is 34.8. The highest BCUT2D eigenvalue weighted by atomic mass is 31.2. The van der Waals surface area contributed by atoms with Gasteiger partial charge in [0.15, 0.2) is 6.10 Å². The van der Waals surface area contributed by atoms with Gasteiger partial charge in [-0.15, -0.1) is 0 Å². The Hall–Kier alpha value is -2.59. The van der Waals surface area contributed by atoms with Crippen LogP contribution in [0.25, 0.3) is 0 Å². The lowest BCUT2D eigenvalue weighted by atomic mass is 10.1. The van der Waals surface area contributed by atoms with E-state index in [4.69, 9.17) is 23.3 Å². The molecule has 0 N–H and O–H groups in total. The molecular weight excluding hydrogens is 717 g/mol. The lowest BCUT2D eigenvalue weighted by molar-refractivity contribution is -0.870. The van der Waals surface area contributed by atoms with Crippen molar-refractivity contribution in [2.75, 3.05) is 47.5 Å². The van der Waals surface area contributed by atoms with Gasteiger partial charge in [-0.05, 0) is 70.6 Å². The minimum atomic E-state index is -4.64. The Labute approximate surface area is 333 Å². The number of carbonyl (C=O) groups is 2. The third kappa shape index (κ3) is 33.3. The molecule has 0 aromatic heterocycles. The topological polar surface area (TPSA) is 124 Å². The van der Waals surface area contributed by atoms with Crippen LogP contribution in [0.5, 0.6) is 0 Å². The Morgan fingerprint density at radius 1 is 0.673 bits per heavy atom. The van der Waals surface area contributed by atoms with Crippen molar-refractivity contribution in [1.29, 1.82) is 0 Å². The second-order valence-electron chi connectivity index (χ2n) is 15.0. The molecule has 1 saturated heterocycles. The summed E-state index contributed by atoms with van der Waals surface area (Å²) in [4.78, 5) is 37.4. The molecule has 1 aliphatic heterocycles. The van der Waals surface area contributed by atoms with Crippen LogP contribution in [0.2, 0.25) is 0 Å². The van der Waals surface area contributed by atoms with Crippen molar-refractivity contribution in [3.05, 3.63) is 72.9 Å². The van der Waals surface area contributed by atoms with Crippen molar-refractivity contribution in [2.24, 2.45) is 0 Å². The van der Waals surface area contributed by atoms with Crippen LogP contribution < -0.4 is 4.89 Å². The van der Waals surface area contributed by atoms with E-state index >= 15 is 0 Å². The SMILES string of the molecule is CC/C=C\CC1OC1C/C=C\C/C=C\C/C=C\C/C=C\CCC(=O)OC[C@H](COP(=O)([O-])OCC[N+](C)(C)C)OC(=O)CCCCCCC/C=C\CCCC. The number of esters is 2. The molecule has 0 saturated carbocycles. The molecule has 0 spiro atoms. The van der Waals surface area contributed by atoms with Crippen LogP contribution in [0, 0.1) is 0 Å². The maximum atomic E-state index is 12.6. The van der Waals surface area contributed by atoms with E-state index in [-0.39, 0.29) is 26.1 Å². The molecule has 0 aromatic carbocycles. The summed E-state index contributed by atoms with van der Waals surface area (Å²) < 4.78 is 39.4. The average Bonchev–Trinajstić information content (AvgIpc) is 3.89. The van der Waals surface area contributed by atoms with Gasteiger partial charge in [0.05, 0.1) is 40.0 Å². The number of unbranched alkanes of at least 4 members (excludes halogenated alkanes) is 7. The number of allylic oxidation sites excluding steroid dienone is 10. The minimum absolute atomic E-state index is 0.0491. The first kappa shape index (κ1) is 50.4. The molecule has 1 rings (SSSR count). The molecule has 314 valence electrons. The van der Waals surface area contributed by atoms with Crippen molar-refractivity contribution in [3.8, 4) is 0 Å². The summed E-state index contributed by atoms with van der Waals surface area (Å²) >= 11 is 0. The molecular formula is C44H74NO9P. The number of phosphoric acid groups is 1. The molecule has 0 amide bonds. The fraction of sp³-hybridized carbons (Fsp3) is 0.682. The van der Waals surface area contributed by atoms with E-state index in [1.807, 2.05) is 33.3 Å². The van der Waals surface area contributed by atoms with Gasteiger partial charge in [-0.1, -0.05) is 119 Å². The fourth-order valence-electron chi connectivity index (χ4n) is 5.23. The molecule has 0 aliphatic carbocycles. The monoisotopic (exact) mass is 792 g/mol. The third-order valence-electron chi connectivity index (χ3n) is 8.63. The Morgan fingerprint density at radius 2 is 1.24 bits per heavy atom. The predicted octanol–water partition coefficient (Wildman–Crippen LogP) is 9.82. The van der Waals surface area contributed by atoms with E-state index in [2.05, 4.69) is 74.6 Å². The first-order chi connectivity index (χ1) is 26.5. The van der Waals surface area contributed by atoms with Crippen LogP contribution in [-0.4, -0.2) is 82.2 Å². The highest BCUT2D eigenvalue weighted by Gasteiger charge is 2.35. The van der Waals surface area contributed by atoms with Crippen LogP contribution in [0.1, 0.15) is 129 Å². The number of nitrogens with zero attached hydrogens (tertiary/aromatic N) is 1. The zero-order valence-corrected chi connectivity index (χ0v) is 35.7. The van der Waals surface area contributed by atoms with Gasteiger partial charge < -0.3 is 32.6 Å². The van der Waals surface area contributed by atoms with Crippen molar-refractivity contribution < 1.29 is 46.8 Å². The summed E-state index contributed by atoms with van der Waals surface area (Å²) in [6, 6.07) is 0. The Kier molecular flexibility index (Phi) is 29.8. The largest absolute Gasteiger partial charge is 0.756 e. The summed E-state index contributed by atoms with van der Waals surface area (Å²) in [6.45, 7) is 3.93. The van der Waals surface area contributed by atoms with Crippen LogP contribution in [0.15, 0.2) is 72.9 Å². The lowest BCUT2D eigenvalue weighted by Gasteiger charge is -2.28. The average molecular weight is 792 g/mol. The van der Waals surface area contributed by atoms with E-state index in [0.717, 1.165) is 77.0 Å². The lowest BCUT2D eigenvalue weighted by Crippen LogP contribution is -2.37. The quantitative estimate of drug-likeness (QED) is 0.0154. The second-order valence-corrected chi connectivity index (χ2v) is 16.4. The third-order valence-corrected chi connectivity index (χ3v) is 9.59. The summed E-state index contributed by atoms with van der Waals surface area (Å²) in [7, 11) is 1.10. The van der Waals surface area contributed by atoms with E-state index in [1.165, 1.54) is 12.8 Å². The summed E-state index contributed by atoms with van der Waals surface area (Å²) in [5, 5.41) is 0. The normalized spacial score (nSPS) is 18.1. The zero-order chi connectivity index (χ0) is 40.5. The van der Waals surface area contributed by atoms with Crippen LogP contribution in [-0.2, 0) is 37.4 Å². The first-order valence-corrected chi connectivity index (χ1v) is 22.2. The van der Waals surface area contributed by atoms with E-state index in [1.54, 1.807) is 0 Å². The summed E-state index contributed by atoms with van der Waals surface area (Å²) in [5.41, 5.74) is 0. The molecule has 11 heteroatoms. The number of ether oxygens (including phenoxy) is 3. The molecule has 55 heavy (non-hydrogen) atoms. The van der Waals surface area contributed by atoms with Crippen molar-refractivity contribution >= 4 is 19.8 Å². The maximum Gasteiger partial charge on any atom is 0.306 e. The van der Waals surface area contributed by atoms with Crippen LogP contribution >= 0.6 is 7.82 Å². The molecule has 1 aliphatic rings. The van der Waals surface area contributed by atoms with Crippen molar-refractivity contribution in [3.63, 3.8) is 0 Å². The van der Waals surface area contributed by atoms with Gasteiger partial charge in [0, 0.05) is 12.8 Å². The van der Waals surface area contributed by atoms with Gasteiger partial charge in [-0.2, -0.15) is 0 Å². The van der Waals surface area contributed by atoms with E-state index in [9.17, 15) is 19.0 Å². The highest BCUT2D eigenvalue weighted by molar-refractivity contribution is 7.45. The number of phosphoric ester groups is 1. The smallest absolute Gasteiger partial charge is 0.306 e. The first-order valence-electron chi connectivity index (χ1n) is 20.8. The van der Waals surface area contributed by atoms with Crippen LogP contribution in [0.3, 0.4) is 0 Å². The molecule has 0 radical (unpaired) electrons. The van der Waals surface area contributed by atoms with Gasteiger partial charge in [0.25, 0.3) is 7.82 Å². The molecule has 0 bridgehead atoms. The number of hydrogen-bond donors (Lipinski definition) is 0. The molecule has 3 unspecified atom stereocenters. The second kappa shape index (κ2) is 32.5. The predicted molar refractivity (Wildman–Crippen MR) is 221 cm³/mol. The molecule has 1 fully saturated rings. The number of quaternary nitrogens is 1. The number of hydrogen-bond acceptors (Lipinski definition) is 9. The summed E-state index contributed by atoms with van der Waals surface area (Å²) in [5.74, 6) is -0.957. The Bertz CT molecular complexity index is 1230. The number of carbonyl (C=O) groups excluding carboxylic acids is 2. The minimum Gasteiger partial charge on any atom is -0.756 e. The molecule has 0 aromatic rings. The molecule has 10 nitrogen and oxygen atoms in total. The van der Waals surface area contributed by atoms with Gasteiger partial charge in [0.2, 0.25) is 0 Å². The van der Waals surface area contributed by atoms with E-state index < -0.39 is 32.5 Å². The van der Waals surface area contributed by atoms with E-state index in [0.29, 0.717) is 36.1 Å². The Morgan fingerprint density at radius 3 is 1.87 bits per heavy atom. The standard InChI is InChI=1S/C44H74NO9P/c1-6-8-10-11-12-13-16-21-24-27-31-35-44(47)53-40(39-52-55(48,49)51-37-36-45(3,4)5)38-50-43(46)34-30-26-23-20-18-15-14-17-19-22-25-29-33-42-41(54-42)32-28-9-7-2/h9,11-12,15,17-19,23,25-26,28-29,40-42H,6-8,10,13-14,16,20-22,24,27,30-39H2,1-5H3/b12-11-,18-15-,19-17-,26-23-,28-9-,29-25-/t40-,41?,42?/m1/s1. The van der Waals surface area contributed by atoms with Crippen molar-refractivity contribution in [1.82, 2.24) is 0 Å². The summed E-state index contributed by atoms with van der Waals surface area (Å²) in [6.07, 6.45) is 41.3. The number of likely N-dealkylation sites (N-methyl/N-ethyl adjacent to an activating group) is 1. The van der Waals surface area contributed by atoms with Crippen LogP contribution in [0.4, 0.5) is 0 Å². The van der Waals surface area contributed by atoms with Gasteiger partial charge in [-0.25, -0.2) is 0 Å².